The zero-order valence-corrected chi connectivity index (χ0v) is 20.1. The molecule has 4 rings (SSSR count). The summed E-state index contributed by atoms with van der Waals surface area (Å²) < 4.78 is 0. The molecule has 0 unspecified atom stereocenters. The van der Waals surface area contributed by atoms with Crippen molar-refractivity contribution in [3.05, 3.63) is 71.8 Å². The van der Waals surface area contributed by atoms with E-state index >= 15 is 0 Å². The van der Waals surface area contributed by atoms with Gasteiger partial charge in [0.05, 0.1) is 12.7 Å². The molecule has 9 heteroatoms. The fourth-order valence-corrected chi connectivity index (χ4v) is 4.25. The highest BCUT2D eigenvalue weighted by Crippen LogP contribution is 2.30. The van der Waals surface area contributed by atoms with Crippen LogP contribution in [0.1, 0.15) is 40.9 Å². The highest BCUT2D eigenvalue weighted by molar-refractivity contribution is 5.95. The molecule has 0 spiro atoms. The molecule has 1 aromatic heterocycles. The van der Waals surface area contributed by atoms with Crippen molar-refractivity contribution >= 4 is 17.7 Å². The third-order valence-corrected chi connectivity index (χ3v) is 6.20. The van der Waals surface area contributed by atoms with E-state index in [1.807, 2.05) is 18.2 Å². The van der Waals surface area contributed by atoms with Gasteiger partial charge in [-0.1, -0.05) is 18.2 Å². The molecule has 2 heterocycles. The molecule has 0 radical (unpaired) electrons. The maximum Gasteiger partial charge on any atom is 0.251 e. The summed E-state index contributed by atoms with van der Waals surface area (Å²) in [4.78, 5) is 46.7. The SMILES string of the molecule is O=C1CCCN(C(=O)Cc2cnc[nH]2)CCCNC(=O)c2cccc(c2)-c2cc(ccc2O)CCN1. The maximum atomic E-state index is 12.9. The number of aromatic nitrogens is 2. The number of hydrogen-bond donors (Lipinski definition) is 4. The van der Waals surface area contributed by atoms with Crippen LogP contribution in [0.2, 0.25) is 0 Å². The summed E-state index contributed by atoms with van der Waals surface area (Å²) >= 11 is 0. The van der Waals surface area contributed by atoms with Crippen LogP contribution >= 0.6 is 0 Å². The van der Waals surface area contributed by atoms with Gasteiger partial charge in [-0.2, -0.15) is 0 Å². The van der Waals surface area contributed by atoms with Crippen LogP contribution in [0.5, 0.6) is 5.75 Å². The van der Waals surface area contributed by atoms with Crippen LogP contribution in [-0.2, 0) is 22.4 Å². The molecule has 9 nitrogen and oxygen atoms in total. The number of nitrogens with zero attached hydrogens (tertiary/aromatic N) is 2. The number of imidazole rings is 1. The van der Waals surface area contributed by atoms with Gasteiger partial charge in [0.1, 0.15) is 5.75 Å². The van der Waals surface area contributed by atoms with Crippen LogP contribution in [0, 0.1) is 0 Å². The molecule has 3 aromatic rings. The first kappa shape index (κ1) is 25.0. The molecule has 1 aliphatic heterocycles. The van der Waals surface area contributed by atoms with E-state index in [1.165, 1.54) is 6.33 Å². The number of hydrogen-bond acceptors (Lipinski definition) is 5. The second-order valence-corrected chi connectivity index (χ2v) is 8.88. The van der Waals surface area contributed by atoms with Crippen molar-refractivity contribution in [3.63, 3.8) is 0 Å². The van der Waals surface area contributed by atoms with E-state index < -0.39 is 0 Å². The summed E-state index contributed by atoms with van der Waals surface area (Å²) in [7, 11) is 0. The number of fused-ring (bicyclic) bond motifs is 5. The summed E-state index contributed by atoms with van der Waals surface area (Å²) in [5.41, 5.74) is 3.56. The molecular weight excluding hydrogens is 458 g/mol. The van der Waals surface area contributed by atoms with E-state index in [2.05, 4.69) is 20.6 Å². The normalized spacial score (nSPS) is 15.7. The summed E-state index contributed by atoms with van der Waals surface area (Å²) in [5.74, 6) is -0.196. The molecule has 2 aromatic carbocycles. The fraction of sp³-hybridized carbons (Fsp3) is 0.333. The Labute approximate surface area is 209 Å². The molecule has 188 valence electrons. The Morgan fingerprint density at radius 2 is 1.81 bits per heavy atom. The van der Waals surface area contributed by atoms with E-state index in [0.717, 1.165) is 16.8 Å². The van der Waals surface area contributed by atoms with Crippen molar-refractivity contribution < 1.29 is 19.5 Å². The number of phenols is 1. The molecule has 0 atom stereocenters. The van der Waals surface area contributed by atoms with Crippen LogP contribution in [-0.4, -0.2) is 63.9 Å². The molecule has 0 saturated carbocycles. The first-order chi connectivity index (χ1) is 17.5. The average Bonchev–Trinajstić information content (AvgIpc) is 3.39. The Balaban J connectivity index is 1.50. The third-order valence-electron chi connectivity index (χ3n) is 6.20. The van der Waals surface area contributed by atoms with Gasteiger partial charge in [-0.3, -0.25) is 14.4 Å². The minimum atomic E-state index is -0.212. The van der Waals surface area contributed by atoms with Crippen LogP contribution in [0.25, 0.3) is 11.1 Å². The number of H-pyrrole nitrogens is 1. The number of phenolic OH excluding ortho intramolecular Hbond substituents is 1. The Bertz CT molecular complexity index is 1210. The smallest absolute Gasteiger partial charge is 0.251 e. The van der Waals surface area contributed by atoms with Crippen molar-refractivity contribution in [2.24, 2.45) is 0 Å². The lowest BCUT2D eigenvalue weighted by Gasteiger charge is -2.22. The Kier molecular flexibility index (Phi) is 8.33. The number of aromatic hydroxyl groups is 1. The zero-order chi connectivity index (χ0) is 25.3. The van der Waals surface area contributed by atoms with Gasteiger partial charge in [0, 0.05) is 55.6 Å². The molecule has 0 aliphatic carbocycles. The average molecular weight is 490 g/mol. The molecule has 0 fully saturated rings. The van der Waals surface area contributed by atoms with Crippen molar-refractivity contribution in [3.8, 4) is 16.9 Å². The fourth-order valence-electron chi connectivity index (χ4n) is 4.25. The molecule has 4 N–H and O–H groups in total. The summed E-state index contributed by atoms with van der Waals surface area (Å²) in [6.45, 7) is 1.79. The van der Waals surface area contributed by atoms with Crippen molar-refractivity contribution in [1.29, 1.82) is 0 Å². The predicted octanol–water partition coefficient (Wildman–Crippen LogP) is 2.43. The van der Waals surface area contributed by atoms with Crippen LogP contribution in [0.15, 0.2) is 55.0 Å². The van der Waals surface area contributed by atoms with Gasteiger partial charge in [0.15, 0.2) is 0 Å². The number of aromatic amines is 1. The largest absolute Gasteiger partial charge is 0.507 e. The lowest BCUT2D eigenvalue weighted by Crippen LogP contribution is -2.36. The number of carbonyl (C=O) groups excluding carboxylic acids is 3. The molecular formula is C27H31N5O4. The van der Waals surface area contributed by atoms with Gasteiger partial charge >= 0.3 is 0 Å². The Hall–Kier alpha value is -4.14. The Morgan fingerprint density at radius 3 is 2.64 bits per heavy atom. The summed E-state index contributed by atoms with van der Waals surface area (Å²) in [6.07, 6.45) is 5.41. The third kappa shape index (κ3) is 6.71. The molecule has 4 bridgehead atoms. The number of benzene rings is 2. The van der Waals surface area contributed by atoms with Gasteiger partial charge in [0.2, 0.25) is 11.8 Å². The van der Waals surface area contributed by atoms with Gasteiger partial charge in [-0.05, 0) is 54.7 Å². The predicted molar refractivity (Wildman–Crippen MR) is 135 cm³/mol. The summed E-state index contributed by atoms with van der Waals surface area (Å²) in [6, 6.07) is 12.5. The van der Waals surface area contributed by atoms with E-state index in [0.29, 0.717) is 63.0 Å². The summed E-state index contributed by atoms with van der Waals surface area (Å²) in [5, 5.41) is 16.3. The lowest BCUT2D eigenvalue weighted by atomic mass is 9.98. The van der Waals surface area contributed by atoms with E-state index in [9.17, 15) is 19.5 Å². The van der Waals surface area contributed by atoms with Gasteiger partial charge in [-0.15, -0.1) is 0 Å². The molecule has 0 saturated heterocycles. The van der Waals surface area contributed by atoms with Gasteiger partial charge < -0.3 is 25.6 Å². The number of nitrogens with one attached hydrogen (secondary N) is 3. The van der Waals surface area contributed by atoms with Crippen LogP contribution in [0.3, 0.4) is 0 Å². The van der Waals surface area contributed by atoms with E-state index in [1.54, 1.807) is 35.4 Å². The first-order valence-corrected chi connectivity index (χ1v) is 12.2. The Morgan fingerprint density at radius 1 is 0.972 bits per heavy atom. The second kappa shape index (κ2) is 12.0. The minimum Gasteiger partial charge on any atom is -0.507 e. The van der Waals surface area contributed by atoms with Gasteiger partial charge in [0.25, 0.3) is 5.91 Å². The highest BCUT2D eigenvalue weighted by atomic mass is 16.3. The quantitative estimate of drug-likeness (QED) is 0.440. The number of carbonyl (C=O) groups is 3. The maximum absolute atomic E-state index is 12.9. The molecule has 36 heavy (non-hydrogen) atoms. The van der Waals surface area contributed by atoms with E-state index in [4.69, 9.17) is 0 Å². The number of rotatable bonds is 2. The minimum absolute atomic E-state index is 0.0522. The van der Waals surface area contributed by atoms with Crippen LogP contribution in [0.4, 0.5) is 0 Å². The van der Waals surface area contributed by atoms with E-state index in [-0.39, 0.29) is 29.9 Å². The van der Waals surface area contributed by atoms with Crippen molar-refractivity contribution in [1.82, 2.24) is 25.5 Å². The molecule has 3 amide bonds. The standard InChI is InChI=1S/C27H31N5O4/c33-24-8-7-19-9-11-29-25(34)6-2-12-32(26(35)16-22-17-28-18-31-22)13-3-10-30-27(36)21-5-1-4-20(15-21)23(24)14-19/h1,4-5,7-8,14-15,17-18,33H,2-3,6,9-13,16H2,(H,28,31)(H,29,34)(H,30,36). The van der Waals surface area contributed by atoms with Crippen LogP contribution < -0.4 is 10.6 Å². The topological polar surface area (TPSA) is 127 Å². The second-order valence-electron chi connectivity index (χ2n) is 8.88. The number of amides is 3. The monoisotopic (exact) mass is 489 g/mol. The molecule has 1 aliphatic rings. The highest BCUT2D eigenvalue weighted by Gasteiger charge is 2.16. The lowest BCUT2D eigenvalue weighted by molar-refractivity contribution is -0.131. The zero-order valence-electron chi connectivity index (χ0n) is 20.1. The van der Waals surface area contributed by atoms with Gasteiger partial charge in [-0.25, -0.2) is 4.98 Å². The first-order valence-electron chi connectivity index (χ1n) is 12.2. The van der Waals surface area contributed by atoms with Crippen molar-refractivity contribution in [2.45, 2.75) is 32.1 Å². The van der Waals surface area contributed by atoms with Crippen molar-refractivity contribution in [2.75, 3.05) is 26.2 Å².